The summed E-state index contributed by atoms with van der Waals surface area (Å²) in [6.07, 6.45) is 6.22. The van der Waals surface area contributed by atoms with Gasteiger partial charge in [-0.2, -0.15) is 0 Å². The first-order chi connectivity index (χ1) is 8.33. The summed E-state index contributed by atoms with van der Waals surface area (Å²) in [7, 11) is 2.51. The molecule has 0 bridgehead atoms. The first-order valence-electron chi connectivity index (χ1n) is 5.78. The van der Waals surface area contributed by atoms with Gasteiger partial charge in [0.2, 0.25) is 0 Å². The fourth-order valence-corrected chi connectivity index (χ4v) is 4.65. The zero-order valence-corrected chi connectivity index (χ0v) is 12.3. The zero-order valence-electron chi connectivity index (χ0n) is 9.80. The largest absolute Gasteiger partial charge is 0.396 e. The summed E-state index contributed by atoms with van der Waals surface area (Å²) in [5.74, 6) is 1.09. The Morgan fingerprint density at radius 2 is 2.12 bits per heavy atom. The molecule has 17 heavy (non-hydrogen) atoms. The highest BCUT2D eigenvalue weighted by molar-refractivity contribution is 8.76. The van der Waals surface area contributed by atoms with Gasteiger partial charge in [-0.1, -0.05) is 15.4 Å². The molecular weight excluding hydrogens is 273 g/mol. The number of aromatic nitrogens is 1. The highest BCUT2D eigenvalue weighted by Crippen LogP contribution is 2.31. The van der Waals surface area contributed by atoms with Gasteiger partial charge in [-0.05, 0) is 35.8 Å². The van der Waals surface area contributed by atoms with Crippen LogP contribution in [0, 0.1) is 0 Å². The van der Waals surface area contributed by atoms with Gasteiger partial charge in [-0.3, -0.25) is 0 Å². The van der Waals surface area contributed by atoms with Gasteiger partial charge in [-0.25, -0.2) is 0 Å². The second kappa shape index (κ2) is 10.0. The first-order valence-corrected chi connectivity index (χ1v) is 9.73. The lowest BCUT2D eigenvalue weighted by Gasteiger charge is -1.97. The second-order valence-corrected chi connectivity index (χ2v) is 7.97. The minimum absolute atomic E-state index is 0.156. The molecule has 0 saturated heterocycles. The molecule has 2 N–H and O–H groups in total. The number of aliphatic hydroxyl groups excluding tert-OH is 1. The van der Waals surface area contributed by atoms with Gasteiger partial charge in [0.15, 0.2) is 0 Å². The molecule has 1 aromatic heterocycles. The van der Waals surface area contributed by atoms with E-state index >= 15 is 0 Å². The molecule has 0 saturated carbocycles. The smallest absolute Gasteiger partial charge is 0.338 e. The average molecular weight is 292 g/mol. The number of unbranched alkanes of at least 4 members (excludes halogenated alkanes) is 1. The molecule has 0 fully saturated rings. The molecule has 0 aliphatic rings. The summed E-state index contributed by atoms with van der Waals surface area (Å²) in [5, 5.41) is 9.79. The lowest BCUT2D eigenvalue weighted by molar-refractivity contribution is 0.295. The third-order valence-corrected chi connectivity index (χ3v) is 6.20. The molecule has 1 aromatic rings. The lowest BCUT2D eigenvalue weighted by Crippen LogP contribution is -1.89. The molecular formula is C11H19NO2PS2+. The van der Waals surface area contributed by atoms with Crippen molar-refractivity contribution in [3.05, 3.63) is 18.3 Å². The van der Waals surface area contributed by atoms with Crippen molar-refractivity contribution in [2.75, 3.05) is 24.7 Å². The van der Waals surface area contributed by atoms with Crippen molar-refractivity contribution >= 4 is 29.4 Å². The second-order valence-electron chi connectivity index (χ2n) is 3.65. The molecule has 0 aliphatic carbocycles. The molecule has 1 atom stereocenters. The molecule has 96 valence electrons. The summed E-state index contributed by atoms with van der Waals surface area (Å²) < 4.78 is 11.4. The summed E-state index contributed by atoms with van der Waals surface area (Å²) in [6, 6.07) is 4.05. The Morgan fingerprint density at radius 3 is 2.82 bits per heavy atom. The van der Waals surface area contributed by atoms with Crippen molar-refractivity contribution < 1.29 is 9.67 Å². The Labute approximate surface area is 111 Å². The molecule has 1 rings (SSSR count). The van der Waals surface area contributed by atoms with Crippen molar-refractivity contribution in [1.82, 2.24) is 4.98 Å². The van der Waals surface area contributed by atoms with Crippen LogP contribution in [0.3, 0.4) is 0 Å². The number of hydrogen-bond acceptors (Lipinski definition) is 4. The maximum absolute atomic E-state index is 11.4. The van der Waals surface area contributed by atoms with Crippen LogP contribution in [0.15, 0.2) is 23.4 Å². The third-order valence-electron chi connectivity index (χ3n) is 2.17. The molecule has 1 unspecified atom stereocenters. The molecule has 6 heteroatoms. The van der Waals surface area contributed by atoms with Crippen LogP contribution in [-0.2, 0) is 4.57 Å². The zero-order chi connectivity index (χ0) is 12.3. The maximum atomic E-state index is 11.4. The third kappa shape index (κ3) is 7.87. The summed E-state index contributed by atoms with van der Waals surface area (Å²) in [5.41, 5.74) is 0. The number of nitrogens with one attached hydrogen (secondary N) is 1. The number of aromatic amines is 1. The van der Waals surface area contributed by atoms with Crippen LogP contribution < -0.4 is 0 Å². The highest BCUT2D eigenvalue weighted by Gasteiger charge is 2.12. The average Bonchev–Trinajstić information content (AvgIpc) is 2.84. The normalized spacial score (nSPS) is 11.7. The van der Waals surface area contributed by atoms with Gasteiger partial charge in [-0.15, -0.1) is 0 Å². The Bertz CT molecular complexity index is 306. The number of H-pyrrole nitrogens is 1. The summed E-state index contributed by atoms with van der Waals surface area (Å²) >= 11 is 0. The van der Waals surface area contributed by atoms with E-state index in [-0.39, 0.29) is 6.61 Å². The highest BCUT2D eigenvalue weighted by atomic mass is 33.1. The van der Waals surface area contributed by atoms with Crippen LogP contribution >= 0.6 is 29.4 Å². The molecule has 0 aromatic carbocycles. The van der Waals surface area contributed by atoms with Gasteiger partial charge >= 0.3 is 7.80 Å². The molecule has 3 nitrogen and oxygen atoms in total. The first kappa shape index (κ1) is 15.1. The Balaban J connectivity index is 1.89. The van der Waals surface area contributed by atoms with Crippen LogP contribution in [0.25, 0.3) is 0 Å². The van der Waals surface area contributed by atoms with E-state index in [1.807, 2.05) is 23.1 Å². The Kier molecular flexibility index (Phi) is 8.89. The SMILES string of the molecule is O=[P+](CCCO)CCCCSSc1ccc[nH]1. The van der Waals surface area contributed by atoms with Crippen LogP contribution in [-0.4, -0.2) is 34.8 Å². The summed E-state index contributed by atoms with van der Waals surface area (Å²) in [6.45, 7) is 0.156. The van der Waals surface area contributed by atoms with E-state index in [2.05, 4.69) is 11.1 Å². The van der Waals surface area contributed by atoms with E-state index < -0.39 is 7.80 Å². The van der Waals surface area contributed by atoms with Gasteiger partial charge in [0.1, 0.15) is 12.3 Å². The van der Waals surface area contributed by atoms with E-state index in [4.69, 9.17) is 5.11 Å². The Morgan fingerprint density at radius 1 is 1.29 bits per heavy atom. The monoisotopic (exact) mass is 292 g/mol. The molecule has 0 aliphatic heterocycles. The maximum Gasteiger partial charge on any atom is 0.338 e. The van der Waals surface area contributed by atoms with E-state index in [0.29, 0.717) is 12.6 Å². The Hall–Kier alpha value is 0.0400. The van der Waals surface area contributed by atoms with Gasteiger partial charge in [0, 0.05) is 25.0 Å². The van der Waals surface area contributed by atoms with Crippen molar-refractivity contribution in [2.45, 2.75) is 24.3 Å². The number of rotatable bonds is 10. The van der Waals surface area contributed by atoms with Gasteiger partial charge in [0.05, 0.1) is 5.03 Å². The minimum atomic E-state index is -1.08. The van der Waals surface area contributed by atoms with Crippen LogP contribution in [0.4, 0.5) is 0 Å². The number of hydrogen-bond donors (Lipinski definition) is 2. The molecule has 0 spiro atoms. The topological polar surface area (TPSA) is 53.1 Å². The van der Waals surface area contributed by atoms with Crippen molar-refractivity contribution in [3.8, 4) is 0 Å². The van der Waals surface area contributed by atoms with E-state index in [1.54, 1.807) is 10.8 Å². The van der Waals surface area contributed by atoms with Gasteiger partial charge < -0.3 is 10.1 Å². The predicted octanol–water partition coefficient (Wildman–Crippen LogP) is 3.75. The fraction of sp³-hybridized carbons (Fsp3) is 0.636. The van der Waals surface area contributed by atoms with Crippen LogP contribution in [0.5, 0.6) is 0 Å². The van der Waals surface area contributed by atoms with E-state index in [0.717, 1.165) is 24.8 Å². The summed E-state index contributed by atoms with van der Waals surface area (Å²) in [4.78, 5) is 3.14. The van der Waals surface area contributed by atoms with Crippen molar-refractivity contribution in [2.24, 2.45) is 0 Å². The quantitative estimate of drug-likeness (QED) is 0.392. The molecule has 0 amide bonds. The van der Waals surface area contributed by atoms with Crippen LogP contribution in [0.2, 0.25) is 0 Å². The van der Waals surface area contributed by atoms with Crippen LogP contribution in [0.1, 0.15) is 19.3 Å². The predicted molar refractivity (Wildman–Crippen MR) is 77.4 cm³/mol. The standard InChI is InChI=1S/C11H19NO2PS2/c13-7-4-9-15(14)8-1-2-10-16-17-11-5-3-6-12-11/h3,5-6,12-13H,1-2,4,7-10H2/q+1. The number of aliphatic hydroxyl groups is 1. The fourth-order valence-electron chi connectivity index (χ4n) is 1.28. The molecule has 0 radical (unpaired) electrons. The van der Waals surface area contributed by atoms with Crippen molar-refractivity contribution in [1.29, 1.82) is 0 Å². The lowest BCUT2D eigenvalue weighted by atomic mass is 10.4. The van der Waals surface area contributed by atoms with E-state index in [9.17, 15) is 4.57 Å². The molecule has 1 heterocycles. The van der Waals surface area contributed by atoms with Crippen molar-refractivity contribution in [3.63, 3.8) is 0 Å². The minimum Gasteiger partial charge on any atom is -0.396 e. The van der Waals surface area contributed by atoms with E-state index in [1.165, 1.54) is 5.03 Å². The van der Waals surface area contributed by atoms with Gasteiger partial charge in [0.25, 0.3) is 0 Å².